The van der Waals surface area contributed by atoms with Gasteiger partial charge in [-0.1, -0.05) is 57.2 Å². The predicted molar refractivity (Wildman–Crippen MR) is 86.6 cm³/mol. The first-order valence-corrected chi connectivity index (χ1v) is 7.57. The van der Waals surface area contributed by atoms with E-state index in [1.54, 1.807) is 0 Å². The minimum atomic E-state index is -0.113. The van der Waals surface area contributed by atoms with Gasteiger partial charge in [0, 0.05) is 18.9 Å². The molecular weight excluding hydrogens is 260 g/mol. The molecule has 21 heavy (non-hydrogen) atoms. The fourth-order valence-corrected chi connectivity index (χ4v) is 3.27. The van der Waals surface area contributed by atoms with Crippen LogP contribution in [0.5, 0.6) is 0 Å². The number of hydrogen-bond acceptors (Lipinski definition) is 2. The Morgan fingerprint density at radius 3 is 2.33 bits per heavy atom. The van der Waals surface area contributed by atoms with Crippen LogP contribution in [0.25, 0.3) is 0 Å². The lowest BCUT2D eigenvalue weighted by Gasteiger charge is -2.38. The molecule has 1 aliphatic heterocycles. The van der Waals surface area contributed by atoms with Gasteiger partial charge in [-0.05, 0) is 18.7 Å². The molecule has 3 nitrogen and oxygen atoms in total. The van der Waals surface area contributed by atoms with Crippen LogP contribution in [-0.2, 0) is 11.2 Å². The van der Waals surface area contributed by atoms with E-state index in [1.807, 2.05) is 43.1 Å². The van der Waals surface area contributed by atoms with Gasteiger partial charge in [0.15, 0.2) is 0 Å². The first-order valence-electron chi connectivity index (χ1n) is 7.57. The van der Waals surface area contributed by atoms with Crippen molar-refractivity contribution in [3.8, 4) is 0 Å². The number of carbonyl (C=O) groups is 1. The summed E-state index contributed by atoms with van der Waals surface area (Å²) in [4.78, 5) is 16.8. The van der Waals surface area contributed by atoms with Gasteiger partial charge in [-0.2, -0.15) is 0 Å². The van der Waals surface area contributed by atoms with Crippen molar-refractivity contribution in [2.45, 2.75) is 46.3 Å². The number of likely N-dealkylation sites (N-methyl/N-ethyl adjacent to an activating group) is 1. The van der Waals surface area contributed by atoms with E-state index in [1.165, 1.54) is 5.56 Å². The van der Waals surface area contributed by atoms with Crippen LogP contribution in [0.1, 0.15) is 33.3 Å². The van der Waals surface area contributed by atoms with E-state index in [-0.39, 0.29) is 23.5 Å². The Kier molecular flexibility index (Phi) is 4.40. The molecule has 2 rings (SSSR count). The molecule has 1 saturated heterocycles. The molecule has 1 aromatic rings. The van der Waals surface area contributed by atoms with Gasteiger partial charge in [-0.15, -0.1) is 0 Å². The largest absolute Gasteiger partial charge is 0.345 e. The maximum atomic E-state index is 12.7. The highest BCUT2D eigenvalue weighted by molar-refractivity contribution is 5.84. The lowest BCUT2D eigenvalue weighted by Crippen LogP contribution is -2.45. The minimum Gasteiger partial charge on any atom is -0.345 e. The SMILES string of the molecule is C/C=C/N1[C@H](Cc2ccccc2)C(=O)N(C)[C@@H]1C(C)(C)C. The summed E-state index contributed by atoms with van der Waals surface area (Å²) in [5.41, 5.74) is 1.21. The molecule has 0 unspecified atom stereocenters. The average molecular weight is 286 g/mol. The monoisotopic (exact) mass is 286 g/mol. The van der Waals surface area contributed by atoms with Crippen LogP contribution in [0.15, 0.2) is 42.6 Å². The Bertz CT molecular complexity index is 516. The minimum absolute atomic E-state index is 0.00928. The summed E-state index contributed by atoms with van der Waals surface area (Å²) in [6, 6.07) is 10.1. The fourth-order valence-electron chi connectivity index (χ4n) is 3.27. The molecule has 114 valence electrons. The maximum Gasteiger partial charge on any atom is 0.247 e. The molecule has 0 spiro atoms. The second kappa shape index (κ2) is 5.92. The third-order valence-electron chi connectivity index (χ3n) is 4.01. The summed E-state index contributed by atoms with van der Waals surface area (Å²) >= 11 is 0. The van der Waals surface area contributed by atoms with Crippen molar-refractivity contribution in [1.29, 1.82) is 0 Å². The van der Waals surface area contributed by atoms with E-state index in [4.69, 9.17) is 0 Å². The van der Waals surface area contributed by atoms with Crippen molar-refractivity contribution in [3.63, 3.8) is 0 Å². The normalized spacial score (nSPS) is 23.4. The van der Waals surface area contributed by atoms with Crippen LogP contribution in [0, 0.1) is 5.41 Å². The molecule has 0 aromatic heterocycles. The summed E-state index contributed by atoms with van der Waals surface area (Å²) in [6.07, 6.45) is 4.92. The summed E-state index contributed by atoms with van der Waals surface area (Å²) in [6.45, 7) is 8.55. The van der Waals surface area contributed by atoms with Crippen LogP contribution in [-0.4, -0.2) is 35.0 Å². The van der Waals surface area contributed by atoms with Gasteiger partial charge in [0.2, 0.25) is 5.91 Å². The van der Waals surface area contributed by atoms with Crippen LogP contribution in [0.3, 0.4) is 0 Å². The number of amides is 1. The predicted octanol–water partition coefficient (Wildman–Crippen LogP) is 3.28. The van der Waals surface area contributed by atoms with Crippen LogP contribution < -0.4 is 0 Å². The van der Waals surface area contributed by atoms with Crippen molar-refractivity contribution in [3.05, 3.63) is 48.2 Å². The van der Waals surface area contributed by atoms with Crippen LogP contribution >= 0.6 is 0 Å². The molecule has 2 atom stereocenters. The van der Waals surface area contributed by atoms with Gasteiger partial charge in [0.25, 0.3) is 0 Å². The Labute approximate surface area is 128 Å². The van der Waals surface area contributed by atoms with Gasteiger partial charge >= 0.3 is 0 Å². The molecule has 0 saturated carbocycles. The first-order chi connectivity index (χ1) is 9.86. The maximum absolute atomic E-state index is 12.7. The van der Waals surface area contributed by atoms with Crippen LogP contribution in [0.2, 0.25) is 0 Å². The highest BCUT2D eigenvalue weighted by Crippen LogP contribution is 2.35. The molecule has 1 fully saturated rings. The van der Waals surface area contributed by atoms with Gasteiger partial charge in [0.05, 0.1) is 0 Å². The van der Waals surface area contributed by atoms with Gasteiger partial charge < -0.3 is 9.80 Å². The van der Waals surface area contributed by atoms with E-state index < -0.39 is 0 Å². The molecule has 0 N–H and O–H groups in total. The Morgan fingerprint density at radius 1 is 1.19 bits per heavy atom. The van der Waals surface area contributed by atoms with Gasteiger partial charge in [-0.25, -0.2) is 0 Å². The second-order valence-electron chi connectivity index (χ2n) is 6.82. The lowest BCUT2D eigenvalue weighted by atomic mass is 9.91. The Balaban J connectivity index is 2.33. The first kappa shape index (κ1) is 15.6. The highest BCUT2D eigenvalue weighted by atomic mass is 16.2. The van der Waals surface area contributed by atoms with Crippen molar-refractivity contribution in [1.82, 2.24) is 9.80 Å². The molecule has 1 heterocycles. The molecule has 0 aliphatic carbocycles. The molecule has 0 bridgehead atoms. The van der Waals surface area contributed by atoms with E-state index >= 15 is 0 Å². The summed E-state index contributed by atoms with van der Waals surface area (Å²) in [7, 11) is 1.92. The molecule has 1 aromatic carbocycles. The van der Waals surface area contributed by atoms with Crippen molar-refractivity contribution >= 4 is 5.91 Å². The highest BCUT2D eigenvalue weighted by Gasteiger charge is 2.47. The number of hydrogen-bond donors (Lipinski definition) is 0. The lowest BCUT2D eigenvalue weighted by molar-refractivity contribution is -0.129. The summed E-state index contributed by atoms with van der Waals surface area (Å²) in [5.74, 6) is 0.205. The third kappa shape index (κ3) is 3.12. The number of carbonyl (C=O) groups excluding carboxylic acids is 1. The number of allylic oxidation sites excluding steroid dienone is 1. The summed E-state index contributed by atoms with van der Waals surface area (Å²) < 4.78 is 0. The topological polar surface area (TPSA) is 23.6 Å². The number of nitrogens with zero attached hydrogens (tertiary/aromatic N) is 2. The quantitative estimate of drug-likeness (QED) is 0.851. The van der Waals surface area contributed by atoms with E-state index in [0.29, 0.717) is 0 Å². The zero-order valence-electron chi connectivity index (χ0n) is 13.7. The van der Waals surface area contributed by atoms with Crippen molar-refractivity contribution in [2.75, 3.05) is 7.05 Å². The molecule has 0 radical (unpaired) electrons. The molecular formula is C18H26N2O. The van der Waals surface area contributed by atoms with Gasteiger partial charge in [0.1, 0.15) is 12.2 Å². The van der Waals surface area contributed by atoms with E-state index in [9.17, 15) is 4.79 Å². The Hall–Kier alpha value is -1.77. The molecule has 1 aliphatic rings. The average Bonchev–Trinajstić information content (AvgIpc) is 2.65. The molecule has 3 heteroatoms. The zero-order chi connectivity index (χ0) is 15.6. The Morgan fingerprint density at radius 2 is 1.81 bits per heavy atom. The molecule has 1 amide bonds. The van der Waals surface area contributed by atoms with Crippen molar-refractivity contribution in [2.24, 2.45) is 5.41 Å². The smallest absolute Gasteiger partial charge is 0.247 e. The summed E-state index contributed by atoms with van der Waals surface area (Å²) in [5, 5.41) is 0. The number of benzene rings is 1. The van der Waals surface area contributed by atoms with Gasteiger partial charge in [-0.3, -0.25) is 4.79 Å². The fraction of sp³-hybridized carbons (Fsp3) is 0.500. The van der Waals surface area contributed by atoms with E-state index in [2.05, 4.69) is 44.0 Å². The van der Waals surface area contributed by atoms with Crippen molar-refractivity contribution < 1.29 is 4.79 Å². The zero-order valence-corrected chi connectivity index (χ0v) is 13.7. The van der Waals surface area contributed by atoms with Crippen LogP contribution in [0.4, 0.5) is 0 Å². The number of rotatable bonds is 3. The van der Waals surface area contributed by atoms with E-state index in [0.717, 1.165) is 6.42 Å². The second-order valence-corrected chi connectivity index (χ2v) is 6.82. The third-order valence-corrected chi connectivity index (χ3v) is 4.01. The standard InChI is InChI=1S/C18H26N2O/c1-6-12-20-15(13-14-10-8-7-9-11-14)16(21)19(5)17(20)18(2,3)4/h6-12,15,17H,13H2,1-5H3/b12-6+/t15-,17+/m1/s1.